The Balaban J connectivity index is 1.99. The van der Waals surface area contributed by atoms with Crippen molar-refractivity contribution in [1.82, 2.24) is 20.2 Å². The smallest absolute Gasteiger partial charge is 0.182 e. The van der Waals surface area contributed by atoms with Crippen molar-refractivity contribution in [2.24, 2.45) is 5.92 Å². The Hall–Kier alpha value is -1.95. The van der Waals surface area contributed by atoms with Gasteiger partial charge in [-0.05, 0) is 40.6 Å². The second kappa shape index (κ2) is 6.29. The van der Waals surface area contributed by atoms with E-state index in [9.17, 15) is 0 Å². The van der Waals surface area contributed by atoms with E-state index in [4.69, 9.17) is 10.5 Å². The summed E-state index contributed by atoms with van der Waals surface area (Å²) >= 11 is 0. The van der Waals surface area contributed by atoms with E-state index in [0.29, 0.717) is 19.1 Å². The van der Waals surface area contributed by atoms with E-state index >= 15 is 0 Å². The molecule has 6 heteroatoms. The van der Waals surface area contributed by atoms with E-state index in [0.717, 1.165) is 23.7 Å². The lowest BCUT2D eigenvalue weighted by atomic mass is 10.2. The van der Waals surface area contributed by atoms with Crippen LogP contribution in [0.3, 0.4) is 0 Å². The van der Waals surface area contributed by atoms with E-state index in [-0.39, 0.29) is 0 Å². The van der Waals surface area contributed by atoms with Crippen LogP contribution < -0.4 is 5.73 Å². The molecule has 0 atom stereocenters. The summed E-state index contributed by atoms with van der Waals surface area (Å²) in [7, 11) is 0. The van der Waals surface area contributed by atoms with Crippen LogP contribution >= 0.6 is 0 Å². The van der Waals surface area contributed by atoms with Crippen molar-refractivity contribution in [1.29, 1.82) is 0 Å². The van der Waals surface area contributed by atoms with Gasteiger partial charge in [-0.25, -0.2) is 4.68 Å². The average molecular weight is 261 g/mol. The number of benzene rings is 1. The van der Waals surface area contributed by atoms with Gasteiger partial charge < -0.3 is 10.5 Å². The third-order valence-electron chi connectivity index (χ3n) is 2.60. The number of ether oxygens (including phenoxy) is 1. The van der Waals surface area contributed by atoms with Crippen LogP contribution in [0.2, 0.25) is 0 Å². The Morgan fingerprint density at radius 2 is 2.00 bits per heavy atom. The molecule has 2 N–H and O–H groups in total. The lowest BCUT2D eigenvalue weighted by molar-refractivity contribution is 0.101. The molecule has 0 fully saturated rings. The molecule has 1 aromatic carbocycles. The van der Waals surface area contributed by atoms with Crippen LogP contribution in [0.1, 0.15) is 13.8 Å². The van der Waals surface area contributed by atoms with Gasteiger partial charge in [-0.1, -0.05) is 13.8 Å². The van der Waals surface area contributed by atoms with Gasteiger partial charge in [0.25, 0.3) is 0 Å². The first kappa shape index (κ1) is 13.5. The van der Waals surface area contributed by atoms with Crippen LogP contribution in [0.5, 0.6) is 0 Å². The topological polar surface area (TPSA) is 78.8 Å². The maximum Gasteiger partial charge on any atom is 0.182 e. The summed E-state index contributed by atoms with van der Waals surface area (Å²) < 4.78 is 7.28. The predicted molar refractivity (Wildman–Crippen MR) is 73.3 cm³/mol. The van der Waals surface area contributed by atoms with Gasteiger partial charge >= 0.3 is 0 Å². The third kappa shape index (κ3) is 3.75. The highest BCUT2D eigenvalue weighted by Gasteiger charge is 2.08. The number of tetrazole rings is 1. The first-order valence-electron chi connectivity index (χ1n) is 6.36. The maximum atomic E-state index is 5.67. The zero-order chi connectivity index (χ0) is 13.7. The lowest BCUT2D eigenvalue weighted by Gasteiger charge is -2.08. The minimum absolute atomic E-state index is 0.533. The highest BCUT2D eigenvalue weighted by molar-refractivity contribution is 5.58. The molecule has 1 aromatic heterocycles. The number of nitrogens with two attached hydrogens (primary N) is 1. The molecule has 2 rings (SSSR count). The minimum Gasteiger partial charge on any atom is -0.399 e. The first-order valence-corrected chi connectivity index (χ1v) is 6.36. The first-order chi connectivity index (χ1) is 9.16. The molecule has 0 unspecified atom stereocenters. The molecule has 2 aromatic rings. The van der Waals surface area contributed by atoms with Gasteiger partial charge in [0.15, 0.2) is 5.82 Å². The summed E-state index contributed by atoms with van der Waals surface area (Å²) in [4.78, 5) is 0. The number of rotatable bonds is 6. The molecule has 0 bridgehead atoms. The average Bonchev–Trinajstić information content (AvgIpc) is 2.84. The fourth-order valence-corrected chi connectivity index (χ4v) is 1.66. The molecule has 19 heavy (non-hydrogen) atoms. The van der Waals surface area contributed by atoms with Crippen LogP contribution in [0.4, 0.5) is 5.69 Å². The molecular weight excluding hydrogens is 242 g/mol. The Kier molecular flexibility index (Phi) is 4.46. The molecular formula is C13H19N5O. The third-order valence-corrected chi connectivity index (χ3v) is 2.60. The Morgan fingerprint density at radius 1 is 1.26 bits per heavy atom. The molecule has 0 aliphatic heterocycles. The van der Waals surface area contributed by atoms with Gasteiger partial charge in [0.05, 0.1) is 13.2 Å². The molecule has 0 spiro atoms. The number of hydrogen-bond donors (Lipinski definition) is 1. The number of anilines is 1. The van der Waals surface area contributed by atoms with Crippen molar-refractivity contribution < 1.29 is 4.74 Å². The summed E-state index contributed by atoms with van der Waals surface area (Å²) in [6.07, 6.45) is 0. The fourth-order valence-electron chi connectivity index (χ4n) is 1.66. The Morgan fingerprint density at radius 3 is 2.68 bits per heavy atom. The Bertz CT molecular complexity index is 506. The van der Waals surface area contributed by atoms with Crippen LogP contribution in [0, 0.1) is 5.92 Å². The number of hydrogen-bond acceptors (Lipinski definition) is 5. The second-order valence-electron chi connectivity index (χ2n) is 4.82. The van der Waals surface area contributed by atoms with E-state index in [2.05, 4.69) is 29.4 Å². The molecule has 0 aliphatic carbocycles. The Labute approximate surface area is 112 Å². The summed E-state index contributed by atoms with van der Waals surface area (Å²) in [5.74, 6) is 1.26. The molecule has 0 aliphatic rings. The quantitative estimate of drug-likeness (QED) is 0.631. The minimum atomic E-state index is 0.533. The molecule has 0 saturated heterocycles. The van der Waals surface area contributed by atoms with Crippen molar-refractivity contribution >= 4 is 5.69 Å². The zero-order valence-corrected chi connectivity index (χ0v) is 11.3. The molecule has 0 radical (unpaired) electrons. The standard InChI is InChI=1S/C13H19N5O/c1-10(2)9-19-8-7-18-13(15-16-17-18)11-3-5-12(14)6-4-11/h3-6,10H,7-9,14H2,1-2H3. The van der Waals surface area contributed by atoms with Crippen molar-refractivity contribution in [3.05, 3.63) is 24.3 Å². The van der Waals surface area contributed by atoms with Crippen molar-refractivity contribution in [2.75, 3.05) is 18.9 Å². The van der Waals surface area contributed by atoms with Gasteiger partial charge in [-0.15, -0.1) is 5.10 Å². The van der Waals surface area contributed by atoms with Crippen LogP contribution in [0.15, 0.2) is 24.3 Å². The number of nitrogens with zero attached hydrogens (tertiary/aromatic N) is 4. The van der Waals surface area contributed by atoms with E-state index < -0.39 is 0 Å². The van der Waals surface area contributed by atoms with E-state index in [1.54, 1.807) is 4.68 Å². The highest BCUT2D eigenvalue weighted by Crippen LogP contribution is 2.17. The van der Waals surface area contributed by atoms with Gasteiger partial charge in [0.1, 0.15) is 0 Å². The predicted octanol–water partition coefficient (Wildman–Crippen LogP) is 1.59. The van der Waals surface area contributed by atoms with Crippen molar-refractivity contribution in [3.63, 3.8) is 0 Å². The molecule has 0 saturated carbocycles. The van der Waals surface area contributed by atoms with Crippen molar-refractivity contribution in [2.45, 2.75) is 20.4 Å². The largest absolute Gasteiger partial charge is 0.399 e. The highest BCUT2D eigenvalue weighted by atomic mass is 16.5. The van der Waals surface area contributed by atoms with E-state index in [1.165, 1.54) is 0 Å². The van der Waals surface area contributed by atoms with Crippen LogP contribution in [-0.2, 0) is 11.3 Å². The zero-order valence-electron chi connectivity index (χ0n) is 11.3. The summed E-state index contributed by atoms with van der Waals surface area (Å²) in [5.41, 5.74) is 7.34. The number of nitrogen functional groups attached to an aromatic ring is 1. The monoisotopic (exact) mass is 261 g/mol. The lowest BCUT2D eigenvalue weighted by Crippen LogP contribution is -2.11. The second-order valence-corrected chi connectivity index (χ2v) is 4.82. The summed E-state index contributed by atoms with van der Waals surface area (Å²) in [6, 6.07) is 7.49. The fraction of sp³-hybridized carbons (Fsp3) is 0.462. The SMILES string of the molecule is CC(C)COCCn1nnnc1-c1ccc(N)cc1. The van der Waals surface area contributed by atoms with Gasteiger partial charge in [-0.3, -0.25) is 0 Å². The van der Waals surface area contributed by atoms with Gasteiger partial charge in [-0.2, -0.15) is 0 Å². The molecule has 102 valence electrons. The van der Waals surface area contributed by atoms with Crippen LogP contribution in [-0.4, -0.2) is 33.4 Å². The molecule has 0 amide bonds. The molecule has 1 heterocycles. The summed E-state index contributed by atoms with van der Waals surface area (Å²) in [5, 5.41) is 11.7. The van der Waals surface area contributed by atoms with Crippen molar-refractivity contribution in [3.8, 4) is 11.4 Å². The molecule has 6 nitrogen and oxygen atoms in total. The van der Waals surface area contributed by atoms with Gasteiger partial charge in [0.2, 0.25) is 0 Å². The summed E-state index contributed by atoms with van der Waals surface area (Å²) in [6.45, 7) is 6.23. The number of aromatic nitrogens is 4. The van der Waals surface area contributed by atoms with E-state index in [1.807, 2.05) is 24.3 Å². The van der Waals surface area contributed by atoms with Gasteiger partial charge in [0, 0.05) is 17.9 Å². The normalized spacial score (nSPS) is 11.1. The maximum absolute atomic E-state index is 5.67. The van der Waals surface area contributed by atoms with Crippen LogP contribution in [0.25, 0.3) is 11.4 Å².